The number of nitrogens with zero attached hydrogens (tertiary/aromatic N) is 4. The van der Waals surface area contributed by atoms with Crippen molar-refractivity contribution in [1.82, 2.24) is 20.0 Å². The van der Waals surface area contributed by atoms with E-state index in [-0.39, 0.29) is 5.35 Å². The lowest BCUT2D eigenvalue weighted by Crippen LogP contribution is -1.94. The van der Waals surface area contributed by atoms with E-state index >= 15 is 0 Å². The lowest BCUT2D eigenvalue weighted by Gasteiger charge is -1.92. The molecule has 14 heavy (non-hydrogen) atoms. The monoisotopic (exact) mass is 212 g/mol. The molecule has 0 radical (unpaired) electrons. The van der Waals surface area contributed by atoms with Gasteiger partial charge in [0.1, 0.15) is 5.69 Å². The number of rotatable bonds is 2. The maximum Gasteiger partial charge on any atom is 0.313 e. The summed E-state index contributed by atoms with van der Waals surface area (Å²) in [6.07, 6.45) is 0.871. The highest BCUT2D eigenvalue weighted by Crippen LogP contribution is 2.20. The van der Waals surface area contributed by atoms with Crippen LogP contribution >= 0.6 is 11.6 Å². The molecule has 6 heteroatoms. The molecule has 0 N–H and O–H groups in total. The molecule has 0 aliphatic heterocycles. The zero-order chi connectivity index (χ0) is 10.1. The van der Waals surface area contributed by atoms with Crippen LogP contribution in [0.15, 0.2) is 10.5 Å². The first kappa shape index (κ1) is 9.21. The first-order valence-electron chi connectivity index (χ1n) is 4.23. The molecule has 2 aromatic heterocycles. The van der Waals surface area contributed by atoms with Crippen molar-refractivity contribution in [3.05, 3.63) is 17.1 Å². The van der Waals surface area contributed by atoms with Gasteiger partial charge in [0.25, 0.3) is 5.89 Å². The third-order valence-electron chi connectivity index (χ3n) is 1.91. The van der Waals surface area contributed by atoms with Gasteiger partial charge in [0.05, 0.1) is 5.69 Å². The molecule has 0 atom stereocenters. The Morgan fingerprint density at radius 1 is 1.50 bits per heavy atom. The van der Waals surface area contributed by atoms with E-state index in [1.807, 2.05) is 20.0 Å². The van der Waals surface area contributed by atoms with Crippen LogP contribution in [0, 0.1) is 0 Å². The van der Waals surface area contributed by atoms with Crippen LogP contribution in [0.3, 0.4) is 0 Å². The van der Waals surface area contributed by atoms with Gasteiger partial charge in [0.2, 0.25) is 0 Å². The summed E-state index contributed by atoms with van der Waals surface area (Å²) in [7, 11) is 1.83. The van der Waals surface area contributed by atoms with Crippen LogP contribution in [0.25, 0.3) is 11.6 Å². The minimum Gasteiger partial charge on any atom is -0.406 e. The van der Waals surface area contributed by atoms with Gasteiger partial charge in [-0.25, -0.2) is 0 Å². The summed E-state index contributed by atoms with van der Waals surface area (Å²) < 4.78 is 6.79. The molecule has 0 amide bonds. The van der Waals surface area contributed by atoms with Gasteiger partial charge in [0.15, 0.2) is 0 Å². The Labute approximate surface area is 85.7 Å². The SMILES string of the molecule is CCc1cc(-c2nnc(Cl)o2)n(C)n1. The smallest absolute Gasteiger partial charge is 0.313 e. The Kier molecular flexibility index (Phi) is 2.25. The van der Waals surface area contributed by atoms with Gasteiger partial charge in [-0.05, 0) is 24.1 Å². The van der Waals surface area contributed by atoms with E-state index in [1.54, 1.807) is 4.68 Å². The van der Waals surface area contributed by atoms with Gasteiger partial charge in [-0.3, -0.25) is 4.68 Å². The summed E-state index contributed by atoms with van der Waals surface area (Å²) in [6, 6.07) is 1.91. The van der Waals surface area contributed by atoms with Gasteiger partial charge in [-0.2, -0.15) is 5.10 Å². The molecule has 2 aromatic rings. The number of hydrogen-bond donors (Lipinski definition) is 0. The molecule has 0 aromatic carbocycles. The second-order valence-corrected chi connectivity index (χ2v) is 3.18. The van der Waals surface area contributed by atoms with Crippen LogP contribution in [-0.4, -0.2) is 20.0 Å². The zero-order valence-electron chi connectivity index (χ0n) is 7.86. The third kappa shape index (κ3) is 1.50. The molecule has 0 aliphatic carbocycles. The molecule has 0 spiro atoms. The Hall–Kier alpha value is -1.36. The second kappa shape index (κ2) is 3.42. The number of aromatic nitrogens is 4. The van der Waals surface area contributed by atoms with Crippen LogP contribution in [0.1, 0.15) is 12.6 Å². The topological polar surface area (TPSA) is 56.7 Å². The van der Waals surface area contributed by atoms with Crippen molar-refractivity contribution in [3.63, 3.8) is 0 Å². The van der Waals surface area contributed by atoms with Crippen molar-refractivity contribution in [2.45, 2.75) is 13.3 Å². The van der Waals surface area contributed by atoms with E-state index in [9.17, 15) is 0 Å². The summed E-state index contributed by atoms with van der Waals surface area (Å²) in [5.74, 6) is 0.393. The highest BCUT2D eigenvalue weighted by Gasteiger charge is 2.12. The van der Waals surface area contributed by atoms with Gasteiger partial charge >= 0.3 is 5.35 Å². The molecular formula is C8H9ClN4O. The summed E-state index contributed by atoms with van der Waals surface area (Å²) in [6.45, 7) is 2.03. The first-order valence-corrected chi connectivity index (χ1v) is 4.60. The second-order valence-electron chi connectivity index (χ2n) is 2.86. The Morgan fingerprint density at radius 3 is 2.79 bits per heavy atom. The molecule has 2 rings (SSSR count). The summed E-state index contributed by atoms with van der Waals surface area (Å²) in [5, 5.41) is 11.7. The van der Waals surface area contributed by atoms with E-state index in [1.165, 1.54) is 0 Å². The number of aryl methyl sites for hydroxylation is 2. The van der Waals surface area contributed by atoms with E-state index < -0.39 is 0 Å². The fraction of sp³-hybridized carbons (Fsp3) is 0.375. The molecule has 0 bridgehead atoms. The van der Waals surface area contributed by atoms with Crippen molar-refractivity contribution in [3.8, 4) is 11.6 Å². The number of hydrogen-bond acceptors (Lipinski definition) is 4. The molecule has 74 valence electrons. The van der Waals surface area contributed by atoms with E-state index in [4.69, 9.17) is 16.0 Å². The van der Waals surface area contributed by atoms with E-state index in [2.05, 4.69) is 15.3 Å². The van der Waals surface area contributed by atoms with E-state index in [0.29, 0.717) is 5.89 Å². The molecule has 0 unspecified atom stereocenters. The van der Waals surface area contributed by atoms with Crippen molar-refractivity contribution in [2.75, 3.05) is 0 Å². The highest BCUT2D eigenvalue weighted by molar-refractivity contribution is 6.27. The lowest BCUT2D eigenvalue weighted by atomic mass is 10.3. The van der Waals surface area contributed by atoms with Gasteiger partial charge in [-0.15, -0.1) is 5.10 Å². The molecule has 0 saturated carbocycles. The van der Waals surface area contributed by atoms with Crippen LogP contribution in [0.4, 0.5) is 0 Å². The van der Waals surface area contributed by atoms with Crippen molar-refractivity contribution in [1.29, 1.82) is 0 Å². The standard InChI is InChI=1S/C8H9ClN4O/c1-3-5-4-6(13(2)12-5)7-10-11-8(9)14-7/h4H,3H2,1-2H3. The van der Waals surface area contributed by atoms with Gasteiger partial charge in [-0.1, -0.05) is 12.0 Å². The maximum atomic E-state index is 5.53. The molecule has 0 fully saturated rings. The number of halogens is 1. The fourth-order valence-corrected chi connectivity index (χ4v) is 1.32. The normalized spacial score (nSPS) is 10.8. The predicted molar refractivity (Wildman–Crippen MR) is 50.9 cm³/mol. The Bertz CT molecular complexity index is 448. The third-order valence-corrected chi connectivity index (χ3v) is 2.06. The van der Waals surface area contributed by atoms with Crippen molar-refractivity contribution >= 4 is 11.6 Å². The van der Waals surface area contributed by atoms with Crippen LogP contribution in [0.5, 0.6) is 0 Å². The average molecular weight is 213 g/mol. The van der Waals surface area contributed by atoms with Crippen LogP contribution in [0.2, 0.25) is 5.35 Å². The maximum absolute atomic E-state index is 5.53. The molecule has 2 heterocycles. The van der Waals surface area contributed by atoms with E-state index in [0.717, 1.165) is 17.8 Å². The average Bonchev–Trinajstić information content (AvgIpc) is 2.71. The Balaban J connectivity index is 2.45. The molecular weight excluding hydrogens is 204 g/mol. The molecule has 5 nitrogen and oxygen atoms in total. The van der Waals surface area contributed by atoms with Crippen LogP contribution in [-0.2, 0) is 13.5 Å². The quantitative estimate of drug-likeness (QED) is 0.760. The minimum atomic E-state index is 0.0410. The summed E-state index contributed by atoms with van der Waals surface area (Å²) in [5.41, 5.74) is 1.76. The minimum absolute atomic E-state index is 0.0410. The fourth-order valence-electron chi connectivity index (χ4n) is 1.21. The highest BCUT2D eigenvalue weighted by atomic mass is 35.5. The predicted octanol–water partition coefficient (Wildman–Crippen LogP) is 1.69. The Morgan fingerprint density at radius 2 is 2.29 bits per heavy atom. The molecule has 0 aliphatic rings. The largest absolute Gasteiger partial charge is 0.406 e. The van der Waals surface area contributed by atoms with Gasteiger partial charge < -0.3 is 4.42 Å². The van der Waals surface area contributed by atoms with Crippen LogP contribution < -0.4 is 0 Å². The summed E-state index contributed by atoms with van der Waals surface area (Å²) >= 11 is 5.53. The first-order chi connectivity index (χ1) is 6.70. The van der Waals surface area contributed by atoms with Crippen molar-refractivity contribution in [2.24, 2.45) is 7.05 Å². The lowest BCUT2D eigenvalue weighted by molar-refractivity contribution is 0.562. The summed E-state index contributed by atoms with van der Waals surface area (Å²) in [4.78, 5) is 0. The van der Waals surface area contributed by atoms with Gasteiger partial charge in [0, 0.05) is 7.05 Å². The zero-order valence-corrected chi connectivity index (χ0v) is 8.62. The molecule has 0 saturated heterocycles. The van der Waals surface area contributed by atoms with Crippen molar-refractivity contribution < 1.29 is 4.42 Å².